The Morgan fingerprint density at radius 2 is 1.62 bits per heavy atom. The van der Waals surface area contributed by atoms with Crippen molar-refractivity contribution in [2.45, 2.75) is 59.3 Å². The molecule has 2 unspecified atom stereocenters. The highest BCUT2D eigenvalue weighted by Gasteiger charge is 2.30. The van der Waals surface area contributed by atoms with E-state index in [1.807, 2.05) is 0 Å². The molecule has 1 aliphatic carbocycles. The Balaban J connectivity index is 0.000000226. The Hall–Kier alpha value is -0.0400. The molecule has 0 amide bonds. The fourth-order valence-corrected chi connectivity index (χ4v) is 1.52. The van der Waals surface area contributed by atoms with Gasteiger partial charge in [-0.1, -0.05) is 46.5 Å². The average molecular weight is 185 g/mol. The third kappa shape index (κ3) is 8.29. The molecule has 0 spiro atoms. The summed E-state index contributed by atoms with van der Waals surface area (Å²) in [5.41, 5.74) is 5.33. The number of unbranched alkanes of at least 4 members (excludes halogenated alkanes) is 3. The zero-order valence-electron chi connectivity index (χ0n) is 9.68. The first-order valence-electron chi connectivity index (χ1n) is 5.96. The number of rotatable bonds is 5. The van der Waals surface area contributed by atoms with Crippen LogP contribution in [-0.4, -0.2) is 6.54 Å². The molecule has 1 aliphatic rings. The molecule has 80 valence electrons. The highest BCUT2D eigenvalue weighted by molar-refractivity contribution is 4.81. The maximum Gasteiger partial charge on any atom is -0.00745 e. The molecule has 1 nitrogen and oxygen atoms in total. The molecule has 0 saturated heterocycles. The topological polar surface area (TPSA) is 26.0 Å². The van der Waals surface area contributed by atoms with E-state index < -0.39 is 0 Å². The minimum absolute atomic E-state index is 0.884. The molecule has 0 aromatic carbocycles. The molecule has 0 aromatic rings. The highest BCUT2D eigenvalue weighted by Crippen LogP contribution is 2.39. The molecule has 1 rings (SSSR count). The van der Waals surface area contributed by atoms with E-state index in [1.54, 1.807) is 0 Å². The van der Waals surface area contributed by atoms with Crippen LogP contribution in [0, 0.1) is 11.8 Å². The molecule has 1 fully saturated rings. The third-order valence-electron chi connectivity index (χ3n) is 2.77. The van der Waals surface area contributed by atoms with Crippen molar-refractivity contribution in [3.8, 4) is 0 Å². The quantitative estimate of drug-likeness (QED) is 0.651. The van der Waals surface area contributed by atoms with Crippen LogP contribution < -0.4 is 5.73 Å². The van der Waals surface area contributed by atoms with E-state index in [1.165, 1.54) is 38.5 Å². The second-order valence-corrected chi connectivity index (χ2v) is 4.26. The highest BCUT2D eigenvalue weighted by atomic mass is 14.5. The van der Waals surface area contributed by atoms with Gasteiger partial charge >= 0.3 is 0 Å². The maximum absolute atomic E-state index is 5.33. The molecule has 0 radical (unpaired) electrons. The van der Waals surface area contributed by atoms with Crippen molar-refractivity contribution in [3.05, 3.63) is 0 Å². The van der Waals surface area contributed by atoms with Gasteiger partial charge in [-0.05, 0) is 31.2 Å². The first kappa shape index (κ1) is 13.0. The van der Waals surface area contributed by atoms with Gasteiger partial charge in [-0.25, -0.2) is 0 Å². The van der Waals surface area contributed by atoms with Gasteiger partial charge in [-0.3, -0.25) is 0 Å². The third-order valence-corrected chi connectivity index (χ3v) is 2.77. The van der Waals surface area contributed by atoms with Gasteiger partial charge in [0.1, 0.15) is 0 Å². The first-order chi connectivity index (χ1) is 6.26. The van der Waals surface area contributed by atoms with Crippen LogP contribution in [0.15, 0.2) is 0 Å². The van der Waals surface area contributed by atoms with Crippen LogP contribution in [0.5, 0.6) is 0 Å². The maximum atomic E-state index is 5.33. The summed E-state index contributed by atoms with van der Waals surface area (Å²) in [4.78, 5) is 0. The summed E-state index contributed by atoms with van der Waals surface area (Å²) >= 11 is 0. The molecule has 2 atom stereocenters. The Morgan fingerprint density at radius 1 is 1.15 bits per heavy atom. The lowest BCUT2D eigenvalue weighted by Crippen LogP contribution is -1.99. The summed E-state index contributed by atoms with van der Waals surface area (Å²) in [7, 11) is 0. The van der Waals surface area contributed by atoms with E-state index in [4.69, 9.17) is 5.73 Å². The minimum atomic E-state index is 0.884. The molecular weight excluding hydrogens is 158 g/mol. The largest absolute Gasteiger partial charge is 0.330 e. The van der Waals surface area contributed by atoms with Gasteiger partial charge in [-0.2, -0.15) is 0 Å². The minimum Gasteiger partial charge on any atom is -0.330 e. The smallest absolute Gasteiger partial charge is 0.00745 e. The SMILES string of the molecule is CC1CC1CCN.CCCCCC. The van der Waals surface area contributed by atoms with Gasteiger partial charge in [0.25, 0.3) is 0 Å². The number of hydrogen-bond acceptors (Lipinski definition) is 1. The lowest BCUT2D eigenvalue weighted by Gasteiger charge is -1.87. The van der Waals surface area contributed by atoms with E-state index >= 15 is 0 Å². The monoisotopic (exact) mass is 185 g/mol. The number of hydrogen-bond donors (Lipinski definition) is 1. The van der Waals surface area contributed by atoms with Crippen LogP contribution in [0.1, 0.15) is 59.3 Å². The van der Waals surface area contributed by atoms with Crippen LogP contribution in [-0.2, 0) is 0 Å². The van der Waals surface area contributed by atoms with Gasteiger partial charge in [0, 0.05) is 0 Å². The van der Waals surface area contributed by atoms with Gasteiger partial charge in [0.15, 0.2) is 0 Å². The Labute approximate surface area is 84.1 Å². The van der Waals surface area contributed by atoms with Crippen LogP contribution in [0.4, 0.5) is 0 Å². The number of nitrogens with two attached hydrogens (primary N) is 1. The van der Waals surface area contributed by atoms with Gasteiger partial charge in [0.05, 0.1) is 0 Å². The van der Waals surface area contributed by atoms with Gasteiger partial charge in [0.2, 0.25) is 0 Å². The Kier molecular flexibility index (Phi) is 8.53. The summed E-state index contributed by atoms with van der Waals surface area (Å²) in [5, 5.41) is 0. The van der Waals surface area contributed by atoms with Crippen molar-refractivity contribution >= 4 is 0 Å². The van der Waals surface area contributed by atoms with Crippen molar-refractivity contribution in [3.63, 3.8) is 0 Å². The van der Waals surface area contributed by atoms with E-state index in [2.05, 4.69) is 20.8 Å². The van der Waals surface area contributed by atoms with E-state index in [-0.39, 0.29) is 0 Å². The fraction of sp³-hybridized carbons (Fsp3) is 1.00. The lowest BCUT2D eigenvalue weighted by atomic mass is 10.2. The van der Waals surface area contributed by atoms with E-state index in [0.717, 1.165) is 18.4 Å². The van der Waals surface area contributed by atoms with E-state index in [0.29, 0.717) is 0 Å². The van der Waals surface area contributed by atoms with Gasteiger partial charge < -0.3 is 5.73 Å². The normalized spacial score (nSPS) is 24.9. The van der Waals surface area contributed by atoms with Crippen molar-refractivity contribution in [1.82, 2.24) is 0 Å². The average Bonchev–Trinajstić information content (AvgIpc) is 2.80. The summed E-state index contributed by atoms with van der Waals surface area (Å²) in [5.74, 6) is 1.98. The van der Waals surface area contributed by atoms with Gasteiger partial charge in [-0.15, -0.1) is 0 Å². The molecule has 2 N–H and O–H groups in total. The predicted molar refractivity (Wildman–Crippen MR) is 60.8 cm³/mol. The molecule has 13 heavy (non-hydrogen) atoms. The van der Waals surface area contributed by atoms with E-state index in [9.17, 15) is 0 Å². The lowest BCUT2D eigenvalue weighted by molar-refractivity contribution is 0.683. The zero-order valence-corrected chi connectivity index (χ0v) is 9.68. The fourth-order valence-electron chi connectivity index (χ4n) is 1.52. The standard InChI is InChI=1S/C6H13N.C6H14/c1-5-4-6(5)2-3-7;1-3-5-6-4-2/h5-6H,2-4,7H2,1H3;3-6H2,1-2H3. The van der Waals surface area contributed by atoms with Crippen LogP contribution in [0.25, 0.3) is 0 Å². The van der Waals surface area contributed by atoms with Crippen molar-refractivity contribution in [2.75, 3.05) is 6.54 Å². The first-order valence-corrected chi connectivity index (χ1v) is 5.96. The summed E-state index contributed by atoms with van der Waals surface area (Å²) in [6.07, 6.45) is 8.22. The Morgan fingerprint density at radius 3 is 1.77 bits per heavy atom. The molecule has 0 aromatic heterocycles. The zero-order chi connectivity index (χ0) is 10.1. The summed E-state index contributed by atoms with van der Waals surface area (Å²) in [6.45, 7) is 7.64. The Bertz CT molecular complexity index is 97.3. The van der Waals surface area contributed by atoms with Crippen molar-refractivity contribution in [2.24, 2.45) is 17.6 Å². The summed E-state index contributed by atoms with van der Waals surface area (Å²) in [6, 6.07) is 0. The molecule has 1 saturated carbocycles. The summed E-state index contributed by atoms with van der Waals surface area (Å²) < 4.78 is 0. The van der Waals surface area contributed by atoms with Crippen LogP contribution >= 0.6 is 0 Å². The second kappa shape index (κ2) is 8.55. The molecule has 0 aliphatic heterocycles. The predicted octanol–water partition coefficient (Wildman–Crippen LogP) is 3.58. The molecule has 1 heteroatoms. The van der Waals surface area contributed by atoms with Crippen molar-refractivity contribution in [1.29, 1.82) is 0 Å². The van der Waals surface area contributed by atoms with Crippen molar-refractivity contribution < 1.29 is 0 Å². The second-order valence-electron chi connectivity index (χ2n) is 4.26. The molecular formula is C12H27N. The molecule has 0 bridgehead atoms. The molecule has 0 heterocycles. The van der Waals surface area contributed by atoms with Crippen LogP contribution in [0.2, 0.25) is 0 Å². The van der Waals surface area contributed by atoms with Crippen LogP contribution in [0.3, 0.4) is 0 Å².